The lowest BCUT2D eigenvalue weighted by Crippen LogP contribution is -2.62. The van der Waals surface area contributed by atoms with Gasteiger partial charge in [-0.05, 0) is 42.2 Å². The number of rotatable bonds is 5. The summed E-state index contributed by atoms with van der Waals surface area (Å²) in [4.78, 5) is 16.6. The number of fused-ring (bicyclic) bond motifs is 1. The first-order valence-corrected chi connectivity index (χ1v) is 11.8. The molecule has 0 aliphatic carbocycles. The van der Waals surface area contributed by atoms with Gasteiger partial charge in [-0.2, -0.15) is 0 Å². The van der Waals surface area contributed by atoms with E-state index in [1.54, 1.807) is 23.1 Å². The van der Waals surface area contributed by atoms with Crippen molar-refractivity contribution in [3.63, 3.8) is 0 Å². The van der Waals surface area contributed by atoms with Crippen molar-refractivity contribution in [2.75, 3.05) is 29.5 Å². The molecule has 2 aliphatic heterocycles. The fraction of sp³-hybridized carbons (Fsp3) is 0.409. The van der Waals surface area contributed by atoms with Crippen LogP contribution in [-0.4, -0.2) is 55.9 Å². The minimum absolute atomic E-state index is 0.0326. The van der Waals surface area contributed by atoms with Crippen LogP contribution in [0.15, 0.2) is 48.5 Å². The number of benzene rings is 2. The Hall–Kier alpha value is -2.25. The lowest BCUT2D eigenvalue weighted by atomic mass is 10.0. The second-order valence-corrected chi connectivity index (χ2v) is 9.96. The van der Waals surface area contributed by atoms with Crippen molar-refractivity contribution in [3.05, 3.63) is 65.5 Å². The summed E-state index contributed by atoms with van der Waals surface area (Å²) in [6.07, 6.45) is 1.34. The fourth-order valence-corrected chi connectivity index (χ4v) is 6.38. The number of aryl methyl sites for hydroxylation is 1. The zero-order valence-electron chi connectivity index (χ0n) is 16.4. The summed E-state index contributed by atoms with van der Waals surface area (Å²) < 4.78 is 38.8. The van der Waals surface area contributed by atoms with Crippen LogP contribution in [-0.2, 0) is 27.5 Å². The number of piperazine rings is 1. The summed E-state index contributed by atoms with van der Waals surface area (Å²) in [5.41, 5.74) is 2.49. The molecule has 2 aromatic rings. The third-order valence-corrected chi connectivity index (χ3v) is 7.65. The number of anilines is 1. The van der Waals surface area contributed by atoms with E-state index in [9.17, 15) is 17.6 Å². The van der Waals surface area contributed by atoms with Crippen LogP contribution in [0.5, 0.6) is 0 Å². The maximum atomic E-state index is 14.0. The number of carbonyl (C=O) groups is 1. The maximum absolute atomic E-state index is 14.0. The first kappa shape index (κ1) is 20.0. The van der Waals surface area contributed by atoms with Gasteiger partial charge in [0.25, 0.3) is 0 Å². The molecule has 0 N–H and O–H groups in total. The average molecular weight is 417 g/mol. The number of amides is 1. The van der Waals surface area contributed by atoms with Crippen LogP contribution in [0.25, 0.3) is 0 Å². The highest BCUT2D eigenvalue weighted by molar-refractivity contribution is 7.91. The van der Waals surface area contributed by atoms with Crippen molar-refractivity contribution in [3.8, 4) is 0 Å². The summed E-state index contributed by atoms with van der Waals surface area (Å²) in [6.45, 7) is 2.65. The highest BCUT2D eigenvalue weighted by Gasteiger charge is 2.49. The zero-order chi connectivity index (χ0) is 20.6. The van der Waals surface area contributed by atoms with Crippen molar-refractivity contribution in [2.24, 2.45) is 0 Å². The van der Waals surface area contributed by atoms with Gasteiger partial charge >= 0.3 is 0 Å². The summed E-state index contributed by atoms with van der Waals surface area (Å²) in [5, 5.41) is 0. The number of sulfone groups is 1. The van der Waals surface area contributed by atoms with Gasteiger partial charge in [-0.3, -0.25) is 9.69 Å². The molecule has 2 heterocycles. The predicted molar refractivity (Wildman–Crippen MR) is 111 cm³/mol. The topological polar surface area (TPSA) is 57.7 Å². The number of hydrogen-bond acceptors (Lipinski definition) is 4. The van der Waals surface area contributed by atoms with Gasteiger partial charge in [0.1, 0.15) is 5.82 Å². The largest absolute Gasteiger partial charge is 0.306 e. The van der Waals surface area contributed by atoms with E-state index in [1.807, 2.05) is 29.2 Å². The normalized spacial score (nSPS) is 23.9. The van der Waals surface area contributed by atoms with E-state index in [0.717, 1.165) is 12.1 Å². The van der Waals surface area contributed by atoms with E-state index >= 15 is 0 Å². The van der Waals surface area contributed by atoms with E-state index in [1.165, 1.54) is 11.6 Å². The van der Waals surface area contributed by atoms with Crippen LogP contribution in [0.3, 0.4) is 0 Å². The Labute approximate surface area is 171 Å². The lowest BCUT2D eigenvalue weighted by molar-refractivity contribution is -0.123. The molecule has 2 fully saturated rings. The van der Waals surface area contributed by atoms with Gasteiger partial charge in [-0.15, -0.1) is 0 Å². The number of halogens is 1. The van der Waals surface area contributed by atoms with Gasteiger partial charge in [0, 0.05) is 18.3 Å². The van der Waals surface area contributed by atoms with Crippen LogP contribution in [0.1, 0.15) is 18.1 Å². The molecule has 0 unspecified atom stereocenters. The molecular formula is C22H25FN2O3S. The molecule has 0 spiro atoms. The first-order valence-electron chi connectivity index (χ1n) is 9.97. The van der Waals surface area contributed by atoms with E-state index < -0.39 is 15.9 Å². The Balaban J connectivity index is 1.58. The van der Waals surface area contributed by atoms with Gasteiger partial charge in [-0.1, -0.05) is 37.3 Å². The molecule has 2 aromatic carbocycles. The van der Waals surface area contributed by atoms with Gasteiger partial charge in [0.15, 0.2) is 9.84 Å². The van der Waals surface area contributed by atoms with E-state index in [0.29, 0.717) is 18.5 Å². The second kappa shape index (κ2) is 7.88. The highest BCUT2D eigenvalue weighted by Crippen LogP contribution is 2.32. The van der Waals surface area contributed by atoms with Crippen LogP contribution in [0.2, 0.25) is 0 Å². The van der Waals surface area contributed by atoms with Crippen LogP contribution in [0, 0.1) is 5.82 Å². The summed E-state index contributed by atoms with van der Waals surface area (Å²) in [6, 6.07) is 13.6. The van der Waals surface area contributed by atoms with Crippen molar-refractivity contribution < 1.29 is 17.6 Å². The molecule has 0 aromatic heterocycles. The third kappa shape index (κ3) is 4.07. The summed E-state index contributed by atoms with van der Waals surface area (Å²) in [5.74, 6) is -0.383. The Kier molecular flexibility index (Phi) is 5.44. The van der Waals surface area contributed by atoms with Crippen LogP contribution >= 0.6 is 0 Å². The Morgan fingerprint density at radius 3 is 2.41 bits per heavy atom. The van der Waals surface area contributed by atoms with Gasteiger partial charge in [0.05, 0.1) is 24.1 Å². The molecular weight excluding hydrogens is 391 g/mol. The van der Waals surface area contributed by atoms with Gasteiger partial charge in [0.2, 0.25) is 5.91 Å². The average Bonchev–Trinajstić information content (AvgIpc) is 3.02. The smallest absolute Gasteiger partial charge is 0.241 e. The van der Waals surface area contributed by atoms with Crippen molar-refractivity contribution in [1.82, 2.24) is 4.90 Å². The number of nitrogens with zero attached hydrogens (tertiary/aromatic N) is 2. The van der Waals surface area contributed by atoms with E-state index in [4.69, 9.17) is 0 Å². The molecule has 0 saturated carbocycles. The van der Waals surface area contributed by atoms with E-state index in [2.05, 4.69) is 6.92 Å². The quantitative estimate of drug-likeness (QED) is 0.751. The minimum Gasteiger partial charge on any atom is -0.306 e. The molecule has 2 atom stereocenters. The standard InChI is InChI=1S/C22H25FN2O3S/c1-2-16-7-9-18(10-8-16)25-21-15-29(27,28)14-20(21)24(13-22(25)26)12-11-17-5-3-4-6-19(17)23/h3-10,20-21H,2,11-15H2,1H3/t20-,21+/m0/s1. The molecule has 154 valence electrons. The molecule has 7 heteroatoms. The number of hydrogen-bond donors (Lipinski definition) is 0. The van der Waals surface area contributed by atoms with Gasteiger partial charge in [-0.25, -0.2) is 12.8 Å². The molecule has 29 heavy (non-hydrogen) atoms. The molecule has 2 saturated heterocycles. The second-order valence-electron chi connectivity index (χ2n) is 7.81. The van der Waals surface area contributed by atoms with Crippen LogP contribution in [0.4, 0.5) is 10.1 Å². The molecule has 1 amide bonds. The Morgan fingerprint density at radius 1 is 1.03 bits per heavy atom. The van der Waals surface area contributed by atoms with Crippen molar-refractivity contribution in [1.29, 1.82) is 0 Å². The van der Waals surface area contributed by atoms with Gasteiger partial charge < -0.3 is 4.90 Å². The molecule has 0 bridgehead atoms. The lowest BCUT2D eigenvalue weighted by Gasteiger charge is -2.43. The van der Waals surface area contributed by atoms with Crippen molar-refractivity contribution in [2.45, 2.75) is 31.8 Å². The van der Waals surface area contributed by atoms with E-state index in [-0.39, 0.29) is 35.8 Å². The molecule has 5 nitrogen and oxygen atoms in total. The summed E-state index contributed by atoms with van der Waals surface area (Å²) >= 11 is 0. The highest BCUT2D eigenvalue weighted by atomic mass is 32.2. The summed E-state index contributed by atoms with van der Waals surface area (Å²) in [7, 11) is -3.24. The number of carbonyl (C=O) groups excluding carboxylic acids is 1. The monoisotopic (exact) mass is 416 g/mol. The Morgan fingerprint density at radius 2 is 1.72 bits per heavy atom. The first-order chi connectivity index (χ1) is 13.9. The minimum atomic E-state index is -3.24. The fourth-order valence-electron chi connectivity index (χ4n) is 4.40. The van der Waals surface area contributed by atoms with Crippen LogP contribution < -0.4 is 4.90 Å². The molecule has 2 aliphatic rings. The zero-order valence-corrected chi connectivity index (χ0v) is 17.2. The predicted octanol–water partition coefficient (Wildman–Crippen LogP) is 2.45. The Bertz CT molecular complexity index is 1010. The molecule has 0 radical (unpaired) electrons. The third-order valence-electron chi connectivity index (χ3n) is 5.95. The molecule has 4 rings (SSSR count). The maximum Gasteiger partial charge on any atom is 0.241 e. The SMILES string of the molecule is CCc1ccc(N2C(=O)CN(CCc3ccccc3F)[C@H]3CS(=O)(=O)C[C@H]32)cc1. The van der Waals surface area contributed by atoms with Crippen molar-refractivity contribution >= 4 is 21.4 Å².